The molecule has 0 radical (unpaired) electrons. The normalized spacial score (nSPS) is 14.6. The molecule has 0 saturated heterocycles. The molecule has 1 aliphatic carbocycles. The van der Waals surface area contributed by atoms with E-state index in [4.69, 9.17) is 5.11 Å². The van der Waals surface area contributed by atoms with E-state index >= 15 is 0 Å². The number of carboxylic acid groups (broad SMARTS) is 1. The van der Waals surface area contributed by atoms with Crippen molar-refractivity contribution in [2.24, 2.45) is 0 Å². The number of aliphatic carboxylic acids is 1. The first-order valence-corrected chi connectivity index (χ1v) is 5.87. The van der Waals surface area contributed by atoms with Gasteiger partial charge in [0.2, 0.25) is 0 Å². The molecule has 5 nitrogen and oxygen atoms in total. The fraction of sp³-hybridized carbons (Fsp3) is 0.818. The lowest BCUT2D eigenvalue weighted by molar-refractivity contribution is -0.137. The molecule has 1 saturated carbocycles. The van der Waals surface area contributed by atoms with Crippen molar-refractivity contribution in [2.75, 3.05) is 19.6 Å². The van der Waals surface area contributed by atoms with Gasteiger partial charge in [0.1, 0.15) is 0 Å². The molecule has 1 N–H and O–H groups in total. The summed E-state index contributed by atoms with van der Waals surface area (Å²) in [6.45, 7) is 5.54. The molecule has 0 bridgehead atoms. The van der Waals surface area contributed by atoms with Crippen LogP contribution in [0.3, 0.4) is 0 Å². The van der Waals surface area contributed by atoms with Crippen molar-refractivity contribution in [3.05, 3.63) is 0 Å². The van der Waals surface area contributed by atoms with E-state index in [1.807, 2.05) is 13.8 Å². The number of carbonyl (C=O) groups is 2. The minimum absolute atomic E-state index is 0.0197. The Morgan fingerprint density at radius 3 is 2.19 bits per heavy atom. The zero-order chi connectivity index (χ0) is 12.1. The standard InChI is InChI=1S/C11H20N2O3/c1-3-12(4-2)11(16)13(9-5-6-9)8-7-10(14)15/h9H,3-8H2,1-2H3,(H,14,15). The summed E-state index contributed by atoms with van der Waals surface area (Å²) in [5.74, 6) is -0.849. The lowest BCUT2D eigenvalue weighted by Crippen LogP contribution is -2.45. The van der Waals surface area contributed by atoms with Gasteiger partial charge in [0.15, 0.2) is 0 Å². The molecule has 0 atom stereocenters. The molecule has 1 fully saturated rings. The molecule has 0 aliphatic heterocycles. The van der Waals surface area contributed by atoms with Crippen LogP contribution in [-0.2, 0) is 4.79 Å². The van der Waals surface area contributed by atoms with Crippen LogP contribution in [0.1, 0.15) is 33.1 Å². The number of hydrogen-bond donors (Lipinski definition) is 1. The maximum absolute atomic E-state index is 12.1. The van der Waals surface area contributed by atoms with Gasteiger partial charge in [-0.05, 0) is 26.7 Å². The summed E-state index contributed by atoms with van der Waals surface area (Å²) in [6, 6.07) is 0.251. The van der Waals surface area contributed by atoms with E-state index in [0.717, 1.165) is 12.8 Å². The zero-order valence-corrected chi connectivity index (χ0v) is 9.98. The van der Waals surface area contributed by atoms with Gasteiger partial charge in [0.05, 0.1) is 6.42 Å². The lowest BCUT2D eigenvalue weighted by Gasteiger charge is -2.29. The molecule has 0 aromatic rings. The van der Waals surface area contributed by atoms with Crippen molar-refractivity contribution in [1.29, 1.82) is 0 Å². The Kier molecular flexibility index (Phi) is 4.58. The number of carboxylic acids is 1. The van der Waals surface area contributed by atoms with E-state index < -0.39 is 5.97 Å². The van der Waals surface area contributed by atoms with Crippen LogP contribution in [0.15, 0.2) is 0 Å². The largest absolute Gasteiger partial charge is 0.481 e. The molecule has 1 aliphatic rings. The SMILES string of the molecule is CCN(CC)C(=O)N(CCC(=O)O)C1CC1. The van der Waals surface area contributed by atoms with Gasteiger partial charge in [-0.1, -0.05) is 0 Å². The predicted molar refractivity (Wildman–Crippen MR) is 60.3 cm³/mol. The van der Waals surface area contributed by atoms with Crippen molar-refractivity contribution < 1.29 is 14.7 Å². The Morgan fingerprint density at radius 1 is 1.25 bits per heavy atom. The second-order valence-electron chi connectivity index (χ2n) is 4.02. The number of nitrogens with zero attached hydrogens (tertiary/aromatic N) is 2. The average molecular weight is 228 g/mol. The molecule has 92 valence electrons. The molecular weight excluding hydrogens is 208 g/mol. The van der Waals surface area contributed by atoms with Crippen molar-refractivity contribution >= 4 is 12.0 Å². The van der Waals surface area contributed by atoms with E-state index in [9.17, 15) is 9.59 Å². The highest BCUT2D eigenvalue weighted by Gasteiger charge is 2.34. The van der Waals surface area contributed by atoms with Crippen molar-refractivity contribution in [1.82, 2.24) is 9.80 Å². The molecule has 2 amide bonds. The number of urea groups is 1. The summed E-state index contributed by atoms with van der Waals surface area (Å²) in [6.07, 6.45) is 2.04. The van der Waals surface area contributed by atoms with Gasteiger partial charge in [-0.3, -0.25) is 4.79 Å². The average Bonchev–Trinajstić information content (AvgIpc) is 3.03. The minimum atomic E-state index is -0.849. The maximum Gasteiger partial charge on any atom is 0.320 e. The summed E-state index contributed by atoms with van der Waals surface area (Å²) in [7, 11) is 0. The number of rotatable bonds is 6. The van der Waals surface area contributed by atoms with E-state index in [1.165, 1.54) is 0 Å². The molecule has 0 spiro atoms. The zero-order valence-electron chi connectivity index (χ0n) is 9.98. The summed E-state index contributed by atoms with van der Waals surface area (Å²) < 4.78 is 0. The first-order valence-electron chi connectivity index (χ1n) is 5.87. The van der Waals surface area contributed by atoms with Crippen LogP contribution in [0.25, 0.3) is 0 Å². The van der Waals surface area contributed by atoms with Crippen molar-refractivity contribution in [3.63, 3.8) is 0 Å². The molecule has 1 rings (SSSR count). The quantitative estimate of drug-likeness (QED) is 0.747. The highest BCUT2D eigenvalue weighted by atomic mass is 16.4. The van der Waals surface area contributed by atoms with Crippen molar-refractivity contribution in [3.8, 4) is 0 Å². The van der Waals surface area contributed by atoms with Crippen LogP contribution in [0.5, 0.6) is 0 Å². The lowest BCUT2D eigenvalue weighted by atomic mass is 10.3. The van der Waals surface area contributed by atoms with E-state index in [-0.39, 0.29) is 18.5 Å². The van der Waals surface area contributed by atoms with Gasteiger partial charge in [0.25, 0.3) is 0 Å². The smallest absolute Gasteiger partial charge is 0.320 e. The Bertz CT molecular complexity index is 260. The van der Waals surface area contributed by atoms with Gasteiger partial charge in [0, 0.05) is 25.7 Å². The molecular formula is C11H20N2O3. The third-order valence-corrected chi connectivity index (χ3v) is 2.83. The second-order valence-corrected chi connectivity index (χ2v) is 4.02. The molecule has 5 heteroatoms. The van der Waals surface area contributed by atoms with E-state index in [0.29, 0.717) is 19.6 Å². The van der Waals surface area contributed by atoms with Crippen LogP contribution in [0, 0.1) is 0 Å². The van der Waals surface area contributed by atoms with Gasteiger partial charge in [-0.2, -0.15) is 0 Å². The van der Waals surface area contributed by atoms with E-state index in [2.05, 4.69) is 0 Å². The summed E-state index contributed by atoms with van der Waals surface area (Å²) in [4.78, 5) is 26.0. The van der Waals surface area contributed by atoms with Gasteiger partial charge >= 0.3 is 12.0 Å². The molecule has 0 aromatic carbocycles. The Balaban J connectivity index is 2.54. The third kappa shape index (κ3) is 3.40. The predicted octanol–water partition coefficient (Wildman–Crippen LogP) is 1.39. The first kappa shape index (κ1) is 12.8. The highest BCUT2D eigenvalue weighted by Crippen LogP contribution is 2.27. The third-order valence-electron chi connectivity index (χ3n) is 2.83. The van der Waals surface area contributed by atoms with Crippen LogP contribution < -0.4 is 0 Å². The summed E-state index contributed by atoms with van der Waals surface area (Å²) in [5, 5.41) is 8.65. The number of carbonyl (C=O) groups excluding carboxylic acids is 1. The van der Waals surface area contributed by atoms with Crippen LogP contribution in [0.4, 0.5) is 4.79 Å². The Morgan fingerprint density at radius 2 is 1.81 bits per heavy atom. The minimum Gasteiger partial charge on any atom is -0.481 e. The van der Waals surface area contributed by atoms with Crippen LogP contribution >= 0.6 is 0 Å². The van der Waals surface area contributed by atoms with Gasteiger partial charge in [-0.25, -0.2) is 4.79 Å². The van der Waals surface area contributed by atoms with E-state index in [1.54, 1.807) is 9.80 Å². The molecule has 0 heterocycles. The van der Waals surface area contributed by atoms with Gasteiger partial charge in [-0.15, -0.1) is 0 Å². The maximum atomic E-state index is 12.1. The highest BCUT2D eigenvalue weighted by molar-refractivity contribution is 5.76. The Labute approximate surface area is 96.0 Å². The fourth-order valence-electron chi connectivity index (χ4n) is 1.71. The van der Waals surface area contributed by atoms with Crippen LogP contribution in [-0.4, -0.2) is 52.6 Å². The summed E-state index contributed by atoms with van der Waals surface area (Å²) >= 11 is 0. The number of hydrogen-bond acceptors (Lipinski definition) is 2. The van der Waals surface area contributed by atoms with Crippen LogP contribution in [0.2, 0.25) is 0 Å². The molecule has 16 heavy (non-hydrogen) atoms. The topological polar surface area (TPSA) is 60.9 Å². The second kappa shape index (κ2) is 5.72. The fourth-order valence-corrected chi connectivity index (χ4v) is 1.71. The van der Waals surface area contributed by atoms with Crippen molar-refractivity contribution in [2.45, 2.75) is 39.2 Å². The monoisotopic (exact) mass is 228 g/mol. The van der Waals surface area contributed by atoms with Gasteiger partial charge < -0.3 is 14.9 Å². The summed E-state index contributed by atoms with van der Waals surface area (Å²) in [5.41, 5.74) is 0. The molecule has 0 aromatic heterocycles. The number of amides is 2. The first-order chi connectivity index (χ1) is 7.60. The Hall–Kier alpha value is -1.26. The molecule has 0 unspecified atom stereocenters.